The lowest BCUT2D eigenvalue weighted by Crippen LogP contribution is -2.31. The van der Waals surface area contributed by atoms with Crippen molar-refractivity contribution >= 4 is 10.8 Å². The van der Waals surface area contributed by atoms with Gasteiger partial charge in [-0.1, -0.05) is 56.7 Å². The van der Waals surface area contributed by atoms with Gasteiger partial charge in [-0.05, 0) is 96.3 Å². The van der Waals surface area contributed by atoms with Crippen molar-refractivity contribution in [2.24, 2.45) is 7.05 Å². The van der Waals surface area contributed by atoms with Crippen LogP contribution in [0.25, 0.3) is 33.2 Å². The minimum absolute atomic E-state index is 0.720. The van der Waals surface area contributed by atoms with Crippen LogP contribution in [0.15, 0.2) is 67.1 Å². The predicted molar refractivity (Wildman–Crippen MR) is 150 cm³/mol. The quantitative estimate of drug-likeness (QED) is 0.269. The van der Waals surface area contributed by atoms with Crippen LogP contribution in [0.3, 0.4) is 0 Å². The van der Waals surface area contributed by atoms with Gasteiger partial charge in [-0.15, -0.1) is 0 Å². The molecule has 0 atom stereocenters. The summed E-state index contributed by atoms with van der Waals surface area (Å²) in [5.74, 6) is 1.44. The zero-order valence-corrected chi connectivity index (χ0v) is 22.0. The van der Waals surface area contributed by atoms with Gasteiger partial charge in [0.15, 0.2) is 6.20 Å². The van der Waals surface area contributed by atoms with Gasteiger partial charge >= 0.3 is 0 Å². The van der Waals surface area contributed by atoms with E-state index in [9.17, 15) is 0 Å². The van der Waals surface area contributed by atoms with Gasteiger partial charge in [0.25, 0.3) is 0 Å². The highest BCUT2D eigenvalue weighted by molar-refractivity contribution is 5.96. The molecule has 0 radical (unpaired) electrons. The zero-order chi connectivity index (χ0) is 24.5. The predicted octanol–water partition coefficient (Wildman–Crippen LogP) is 8.80. The highest BCUT2D eigenvalue weighted by atomic mass is 14.9. The molecule has 0 spiro atoms. The Hall–Kier alpha value is -3.00. The molecule has 184 valence electrons. The number of nitrogens with zero attached hydrogens (tertiary/aromatic N) is 2. The van der Waals surface area contributed by atoms with Crippen LogP contribution < -0.4 is 4.57 Å². The fourth-order valence-corrected chi connectivity index (χ4v) is 6.94. The van der Waals surface area contributed by atoms with E-state index in [0.717, 1.165) is 11.8 Å². The smallest absolute Gasteiger partial charge is 0.220 e. The lowest BCUT2D eigenvalue weighted by Gasteiger charge is -2.28. The Labute approximate surface area is 216 Å². The van der Waals surface area contributed by atoms with Gasteiger partial charge < -0.3 is 0 Å². The summed E-state index contributed by atoms with van der Waals surface area (Å²) in [7, 11) is 2.22. The average molecular weight is 476 g/mol. The van der Waals surface area contributed by atoms with E-state index in [1.165, 1.54) is 103 Å². The van der Waals surface area contributed by atoms with Crippen LogP contribution in [0.5, 0.6) is 0 Å². The van der Waals surface area contributed by atoms with E-state index in [-0.39, 0.29) is 0 Å². The lowest BCUT2D eigenvalue weighted by atomic mass is 9.76. The van der Waals surface area contributed by atoms with Gasteiger partial charge in [0.1, 0.15) is 7.05 Å². The van der Waals surface area contributed by atoms with E-state index in [4.69, 9.17) is 0 Å². The molecule has 4 aromatic rings. The lowest BCUT2D eigenvalue weighted by molar-refractivity contribution is -0.659. The molecule has 0 N–H and O–H groups in total. The molecule has 0 unspecified atom stereocenters. The molecule has 2 aromatic heterocycles. The Balaban J connectivity index is 1.53. The Morgan fingerprint density at radius 1 is 0.778 bits per heavy atom. The number of hydrogen-bond donors (Lipinski definition) is 0. The van der Waals surface area contributed by atoms with Crippen LogP contribution >= 0.6 is 0 Å². The normalized spacial score (nSPS) is 17.5. The number of aryl methyl sites for hydroxylation is 1. The van der Waals surface area contributed by atoms with Crippen molar-refractivity contribution in [2.45, 2.75) is 83.0 Å². The van der Waals surface area contributed by atoms with E-state index < -0.39 is 0 Å². The van der Waals surface area contributed by atoms with Crippen LogP contribution in [0.1, 0.15) is 92.7 Å². The fraction of sp³-hybridized carbons (Fsp3) is 0.412. The first-order valence-corrected chi connectivity index (χ1v) is 14.2. The van der Waals surface area contributed by atoms with Crippen LogP contribution in [0.4, 0.5) is 0 Å². The van der Waals surface area contributed by atoms with Crippen molar-refractivity contribution < 1.29 is 4.57 Å². The standard InChI is InChI=1S/C34H39N2/c1-24-32(26-12-7-4-8-13-26)21-30(25-10-5-3-6-11-25)22-33(24)34-31-16-15-27(29-14-9-18-35-23-29)20-28(31)17-19-36(34)2/h9,14-23,25-26H,3-8,10-13H2,1-2H3/q+1. The fourth-order valence-electron chi connectivity index (χ4n) is 6.94. The molecule has 36 heavy (non-hydrogen) atoms. The van der Waals surface area contributed by atoms with E-state index in [0.29, 0.717) is 0 Å². The second-order valence-electron chi connectivity index (χ2n) is 11.3. The molecule has 2 nitrogen and oxygen atoms in total. The number of rotatable bonds is 4. The Bertz CT molecular complexity index is 1360. The third-order valence-electron chi connectivity index (χ3n) is 8.98. The molecule has 2 fully saturated rings. The summed E-state index contributed by atoms with van der Waals surface area (Å²) in [6, 6.07) is 18.6. The molecule has 0 saturated heterocycles. The molecule has 2 aromatic carbocycles. The first-order valence-electron chi connectivity index (χ1n) is 14.2. The minimum Gasteiger partial charge on any atom is -0.264 e. The van der Waals surface area contributed by atoms with E-state index in [1.807, 2.05) is 18.5 Å². The summed E-state index contributed by atoms with van der Waals surface area (Å²) in [5, 5.41) is 2.64. The summed E-state index contributed by atoms with van der Waals surface area (Å²) < 4.78 is 2.35. The number of benzene rings is 2. The van der Waals surface area contributed by atoms with Crippen LogP contribution in [-0.4, -0.2) is 4.98 Å². The molecule has 2 aliphatic rings. The molecular weight excluding hydrogens is 436 g/mol. The Morgan fingerprint density at radius 3 is 2.25 bits per heavy atom. The number of hydrogen-bond acceptors (Lipinski definition) is 1. The minimum atomic E-state index is 0.720. The summed E-state index contributed by atoms with van der Waals surface area (Å²) in [6.07, 6.45) is 19.8. The van der Waals surface area contributed by atoms with E-state index in [1.54, 1.807) is 11.1 Å². The average Bonchev–Trinajstić information content (AvgIpc) is 2.95. The van der Waals surface area contributed by atoms with Gasteiger partial charge in [-0.25, -0.2) is 4.57 Å². The largest absolute Gasteiger partial charge is 0.264 e. The third kappa shape index (κ3) is 4.47. The van der Waals surface area contributed by atoms with Crippen molar-refractivity contribution in [2.75, 3.05) is 0 Å². The third-order valence-corrected chi connectivity index (χ3v) is 8.98. The molecule has 0 amide bonds. The second kappa shape index (κ2) is 10.2. The van der Waals surface area contributed by atoms with Gasteiger partial charge in [0.2, 0.25) is 5.69 Å². The van der Waals surface area contributed by atoms with Crippen LogP contribution in [0.2, 0.25) is 0 Å². The van der Waals surface area contributed by atoms with Crippen molar-refractivity contribution in [1.82, 2.24) is 4.98 Å². The van der Waals surface area contributed by atoms with Crippen LogP contribution in [0, 0.1) is 6.92 Å². The van der Waals surface area contributed by atoms with Crippen molar-refractivity contribution in [3.63, 3.8) is 0 Å². The molecular formula is C34H39N2+. The highest BCUT2D eigenvalue weighted by Gasteiger charge is 2.26. The summed E-state index contributed by atoms with van der Waals surface area (Å²) >= 11 is 0. The highest BCUT2D eigenvalue weighted by Crippen LogP contribution is 2.42. The maximum atomic E-state index is 4.34. The molecule has 2 saturated carbocycles. The maximum Gasteiger partial charge on any atom is 0.220 e. The van der Waals surface area contributed by atoms with Crippen molar-refractivity contribution in [3.05, 3.63) is 83.8 Å². The summed E-state index contributed by atoms with van der Waals surface area (Å²) in [5.41, 5.74) is 9.94. The summed E-state index contributed by atoms with van der Waals surface area (Å²) in [4.78, 5) is 4.34. The molecule has 2 heterocycles. The molecule has 2 heteroatoms. The monoisotopic (exact) mass is 475 g/mol. The van der Waals surface area contributed by atoms with Crippen molar-refractivity contribution in [1.29, 1.82) is 0 Å². The summed E-state index contributed by atoms with van der Waals surface area (Å²) in [6.45, 7) is 2.40. The first kappa shape index (κ1) is 23.4. The molecule has 0 aliphatic heterocycles. The van der Waals surface area contributed by atoms with Gasteiger partial charge in [-0.2, -0.15) is 0 Å². The number of aromatic nitrogens is 2. The zero-order valence-electron chi connectivity index (χ0n) is 22.0. The molecule has 6 rings (SSSR count). The molecule has 0 bridgehead atoms. The first-order chi connectivity index (χ1) is 17.7. The van der Waals surface area contributed by atoms with E-state index >= 15 is 0 Å². The van der Waals surface area contributed by atoms with Crippen LogP contribution in [-0.2, 0) is 7.05 Å². The topological polar surface area (TPSA) is 16.8 Å². The number of fused-ring (bicyclic) bond motifs is 1. The Morgan fingerprint density at radius 2 is 1.53 bits per heavy atom. The Kier molecular flexibility index (Phi) is 6.61. The van der Waals surface area contributed by atoms with Crippen molar-refractivity contribution in [3.8, 4) is 22.4 Å². The molecule has 2 aliphatic carbocycles. The number of pyridine rings is 2. The van der Waals surface area contributed by atoms with Gasteiger partial charge in [-0.3, -0.25) is 4.98 Å². The van der Waals surface area contributed by atoms with Gasteiger partial charge in [0.05, 0.1) is 10.9 Å². The second-order valence-corrected chi connectivity index (χ2v) is 11.3. The van der Waals surface area contributed by atoms with E-state index in [2.05, 4.69) is 72.2 Å². The van der Waals surface area contributed by atoms with Gasteiger partial charge in [0, 0.05) is 24.0 Å². The maximum absolute atomic E-state index is 4.34. The SMILES string of the molecule is Cc1c(-c2c3ccc(-c4cccnc4)cc3cc[n+]2C)cc(C2CCCCC2)cc1C1CCCCC1.